The van der Waals surface area contributed by atoms with Gasteiger partial charge in [-0.25, -0.2) is 0 Å². The van der Waals surface area contributed by atoms with Gasteiger partial charge in [0.25, 0.3) is 0 Å². The van der Waals surface area contributed by atoms with Crippen molar-refractivity contribution in [2.24, 2.45) is 5.73 Å². The molecule has 2 N–H and O–H groups in total. The largest absolute Gasteiger partial charge is 0.381 e. The van der Waals surface area contributed by atoms with Crippen LogP contribution in [0.4, 0.5) is 0 Å². The monoisotopic (exact) mass is 156 g/mol. The molecule has 3 nitrogen and oxygen atoms in total. The lowest BCUT2D eigenvalue weighted by molar-refractivity contribution is -0.0513. The minimum Gasteiger partial charge on any atom is -0.381 e. The van der Waals surface area contributed by atoms with Gasteiger partial charge in [0, 0.05) is 32.3 Å². The van der Waals surface area contributed by atoms with E-state index < -0.39 is 0 Å². The Bertz CT molecular complexity index is 139. The summed E-state index contributed by atoms with van der Waals surface area (Å²) in [6.45, 7) is 2.20. The molecule has 2 aliphatic rings. The predicted molar refractivity (Wildman–Crippen MR) is 43.4 cm³/mol. The highest BCUT2D eigenvalue weighted by atomic mass is 16.5. The van der Waals surface area contributed by atoms with Crippen LogP contribution in [0.3, 0.4) is 0 Å². The summed E-state index contributed by atoms with van der Waals surface area (Å²) in [5, 5.41) is 0. The van der Waals surface area contributed by atoms with Crippen LogP contribution >= 0.6 is 0 Å². The van der Waals surface area contributed by atoms with Crippen molar-refractivity contribution in [3.8, 4) is 0 Å². The van der Waals surface area contributed by atoms with E-state index in [1.807, 2.05) is 0 Å². The lowest BCUT2D eigenvalue weighted by Gasteiger charge is -2.49. The average Bonchev–Trinajstić information content (AvgIpc) is 1.81. The fourth-order valence-electron chi connectivity index (χ4n) is 1.88. The predicted octanol–water partition coefficient (Wildman–Crippen LogP) is -0.193. The number of hydrogen-bond donors (Lipinski definition) is 1. The summed E-state index contributed by atoms with van der Waals surface area (Å²) in [5.74, 6) is 0. The summed E-state index contributed by atoms with van der Waals surface area (Å²) in [7, 11) is 1.79. The molecule has 1 saturated carbocycles. The first-order valence-corrected chi connectivity index (χ1v) is 4.32. The van der Waals surface area contributed by atoms with Crippen molar-refractivity contribution < 1.29 is 4.74 Å². The summed E-state index contributed by atoms with van der Waals surface area (Å²) in [5.41, 5.74) is 5.68. The van der Waals surface area contributed by atoms with Gasteiger partial charge in [-0.15, -0.1) is 0 Å². The molecule has 0 spiro atoms. The highest BCUT2D eigenvalue weighted by molar-refractivity contribution is 4.95. The van der Waals surface area contributed by atoms with Gasteiger partial charge >= 0.3 is 0 Å². The number of likely N-dealkylation sites (tertiary alicyclic amines) is 1. The topological polar surface area (TPSA) is 38.5 Å². The maximum Gasteiger partial charge on any atom is 0.0601 e. The number of ether oxygens (including phenoxy) is 1. The number of nitrogens with zero attached hydrogens (tertiary/aromatic N) is 1. The summed E-state index contributed by atoms with van der Waals surface area (Å²) in [6, 6.07) is 1.22. The second kappa shape index (κ2) is 2.73. The van der Waals surface area contributed by atoms with E-state index >= 15 is 0 Å². The van der Waals surface area contributed by atoms with Crippen molar-refractivity contribution in [3.63, 3.8) is 0 Å². The van der Waals surface area contributed by atoms with Crippen LogP contribution in [0.15, 0.2) is 0 Å². The van der Waals surface area contributed by atoms with Gasteiger partial charge in [-0.05, 0) is 12.8 Å². The molecule has 64 valence electrons. The Labute approximate surface area is 67.5 Å². The van der Waals surface area contributed by atoms with E-state index in [0.717, 1.165) is 19.1 Å². The molecule has 1 heterocycles. The zero-order chi connectivity index (χ0) is 7.84. The van der Waals surface area contributed by atoms with E-state index in [-0.39, 0.29) is 0 Å². The van der Waals surface area contributed by atoms with Gasteiger partial charge in [-0.2, -0.15) is 0 Å². The highest BCUT2D eigenvalue weighted by Gasteiger charge is 2.38. The van der Waals surface area contributed by atoms with Crippen LogP contribution < -0.4 is 5.73 Å². The van der Waals surface area contributed by atoms with Crippen LogP contribution in [0.5, 0.6) is 0 Å². The third-order valence-corrected chi connectivity index (χ3v) is 2.86. The lowest BCUT2D eigenvalue weighted by Crippen LogP contribution is -2.63. The standard InChI is InChI=1S/C8H16N2O/c1-11-8-2-7(3-8)10-4-6(9)5-10/h6-8H,2-5,9H2,1H3. The molecule has 0 unspecified atom stereocenters. The third kappa shape index (κ3) is 1.28. The first-order chi connectivity index (χ1) is 5.29. The third-order valence-electron chi connectivity index (χ3n) is 2.86. The smallest absolute Gasteiger partial charge is 0.0601 e. The van der Waals surface area contributed by atoms with Crippen LogP contribution in [0.2, 0.25) is 0 Å². The maximum atomic E-state index is 5.68. The molecular weight excluding hydrogens is 140 g/mol. The Kier molecular flexibility index (Phi) is 1.87. The Morgan fingerprint density at radius 1 is 1.36 bits per heavy atom. The van der Waals surface area contributed by atoms with E-state index in [0.29, 0.717) is 12.1 Å². The minimum atomic E-state index is 0.441. The SMILES string of the molecule is COC1CC(N2CC(N)C2)C1. The average molecular weight is 156 g/mol. The van der Waals surface area contributed by atoms with Gasteiger partial charge in [0.2, 0.25) is 0 Å². The highest BCUT2D eigenvalue weighted by Crippen LogP contribution is 2.30. The molecule has 0 aromatic rings. The van der Waals surface area contributed by atoms with Crippen LogP contribution in [0, 0.1) is 0 Å². The van der Waals surface area contributed by atoms with Crippen LogP contribution in [-0.2, 0) is 4.74 Å². The van der Waals surface area contributed by atoms with Crippen molar-refractivity contribution in [3.05, 3.63) is 0 Å². The van der Waals surface area contributed by atoms with Gasteiger partial charge in [0.1, 0.15) is 0 Å². The fraction of sp³-hybridized carbons (Fsp3) is 1.00. The summed E-state index contributed by atoms with van der Waals surface area (Å²) < 4.78 is 5.20. The van der Waals surface area contributed by atoms with Crippen molar-refractivity contribution >= 4 is 0 Å². The number of methoxy groups -OCH3 is 1. The number of hydrogen-bond acceptors (Lipinski definition) is 3. The zero-order valence-electron chi connectivity index (χ0n) is 6.99. The molecule has 0 aromatic carbocycles. The summed E-state index contributed by atoms with van der Waals surface area (Å²) in [6.07, 6.45) is 2.95. The molecule has 0 radical (unpaired) electrons. The van der Waals surface area contributed by atoms with E-state index in [1.165, 1.54) is 12.8 Å². The van der Waals surface area contributed by atoms with E-state index in [4.69, 9.17) is 10.5 Å². The zero-order valence-corrected chi connectivity index (χ0v) is 6.99. The Balaban J connectivity index is 1.67. The molecule has 2 rings (SSSR count). The molecule has 1 saturated heterocycles. The van der Waals surface area contributed by atoms with E-state index in [2.05, 4.69) is 4.90 Å². The van der Waals surface area contributed by atoms with Crippen molar-refractivity contribution in [2.45, 2.75) is 31.0 Å². The molecule has 0 amide bonds. The van der Waals surface area contributed by atoms with Crippen molar-refractivity contribution in [1.82, 2.24) is 4.90 Å². The lowest BCUT2D eigenvalue weighted by atomic mass is 9.85. The fourth-order valence-corrected chi connectivity index (χ4v) is 1.88. The number of nitrogens with two attached hydrogens (primary N) is 1. The summed E-state index contributed by atoms with van der Waals surface area (Å²) >= 11 is 0. The molecule has 0 bridgehead atoms. The molecule has 11 heavy (non-hydrogen) atoms. The van der Waals surface area contributed by atoms with Crippen molar-refractivity contribution in [2.75, 3.05) is 20.2 Å². The molecule has 2 fully saturated rings. The van der Waals surface area contributed by atoms with E-state index in [9.17, 15) is 0 Å². The first kappa shape index (κ1) is 7.53. The van der Waals surface area contributed by atoms with Crippen molar-refractivity contribution in [1.29, 1.82) is 0 Å². The van der Waals surface area contributed by atoms with E-state index in [1.54, 1.807) is 7.11 Å². The molecular formula is C8H16N2O. The number of rotatable bonds is 2. The van der Waals surface area contributed by atoms with Gasteiger partial charge < -0.3 is 10.5 Å². The maximum absolute atomic E-state index is 5.68. The molecule has 1 aliphatic carbocycles. The van der Waals surface area contributed by atoms with Gasteiger partial charge in [-0.3, -0.25) is 4.90 Å². The van der Waals surface area contributed by atoms with Crippen LogP contribution in [0.25, 0.3) is 0 Å². The molecule has 0 aromatic heterocycles. The van der Waals surface area contributed by atoms with Gasteiger partial charge in [0.05, 0.1) is 6.10 Å². The first-order valence-electron chi connectivity index (χ1n) is 4.32. The quantitative estimate of drug-likeness (QED) is 0.602. The summed E-state index contributed by atoms with van der Waals surface area (Å²) in [4.78, 5) is 2.46. The Hall–Kier alpha value is -0.120. The normalized spacial score (nSPS) is 39.8. The minimum absolute atomic E-state index is 0.441. The molecule has 0 atom stereocenters. The Morgan fingerprint density at radius 2 is 2.00 bits per heavy atom. The molecule has 1 aliphatic heterocycles. The second-order valence-corrected chi connectivity index (χ2v) is 3.70. The van der Waals surface area contributed by atoms with Gasteiger partial charge in [0.15, 0.2) is 0 Å². The van der Waals surface area contributed by atoms with Crippen LogP contribution in [0.1, 0.15) is 12.8 Å². The molecule has 3 heteroatoms. The van der Waals surface area contributed by atoms with Crippen LogP contribution in [-0.4, -0.2) is 43.3 Å². The second-order valence-electron chi connectivity index (χ2n) is 3.70. The Morgan fingerprint density at radius 3 is 2.45 bits per heavy atom. The van der Waals surface area contributed by atoms with Gasteiger partial charge in [-0.1, -0.05) is 0 Å².